The number of rotatable bonds is 4. The fraction of sp³-hybridized carbons (Fsp3) is 0.316. The molecule has 0 saturated carbocycles. The van der Waals surface area contributed by atoms with Gasteiger partial charge < -0.3 is 16.0 Å². The fourth-order valence-corrected chi connectivity index (χ4v) is 3.13. The van der Waals surface area contributed by atoms with Gasteiger partial charge in [0.05, 0.1) is 5.56 Å². The number of amides is 1. The summed E-state index contributed by atoms with van der Waals surface area (Å²) in [6.45, 7) is 4.74. The molecule has 0 unspecified atom stereocenters. The lowest BCUT2D eigenvalue weighted by Gasteiger charge is -2.37. The number of nitrogen functional groups attached to an aromatic ring is 1. The molecule has 2 aromatic carbocycles. The van der Waals surface area contributed by atoms with E-state index in [4.69, 9.17) is 5.73 Å². The van der Waals surface area contributed by atoms with E-state index in [0.717, 1.165) is 38.4 Å². The zero-order valence-corrected chi connectivity index (χ0v) is 14.0. The molecule has 2 aromatic rings. The Balaban J connectivity index is 1.67. The van der Waals surface area contributed by atoms with Crippen LogP contribution in [0.4, 0.5) is 11.4 Å². The number of nitrogens with one attached hydrogen (secondary N) is 1. The normalized spacial score (nSPS) is 15.3. The first-order valence-corrected chi connectivity index (χ1v) is 8.30. The molecule has 1 aliphatic rings. The molecule has 1 amide bonds. The predicted octanol–water partition coefficient (Wildman–Crippen LogP) is 1.95. The first-order chi connectivity index (χ1) is 11.7. The predicted molar refractivity (Wildman–Crippen MR) is 98.2 cm³/mol. The summed E-state index contributed by atoms with van der Waals surface area (Å²) in [4.78, 5) is 16.8. The zero-order chi connectivity index (χ0) is 16.9. The Labute approximate surface area is 143 Å². The highest BCUT2D eigenvalue weighted by Crippen LogP contribution is 2.24. The van der Waals surface area contributed by atoms with Gasteiger partial charge in [-0.2, -0.15) is 0 Å². The standard InChI is InChI=1S/C19H24N4O/c1-21-19(24)17-13-16(20)7-8-18(17)23-11-9-22(10-12-23)14-15-5-3-2-4-6-15/h2-8,13H,9-12,14,20H2,1H3,(H,21,24). The molecule has 0 bridgehead atoms. The highest BCUT2D eigenvalue weighted by Gasteiger charge is 2.21. The summed E-state index contributed by atoms with van der Waals surface area (Å²) in [5.74, 6) is -0.0935. The molecule has 5 nitrogen and oxygen atoms in total. The third-order valence-corrected chi connectivity index (χ3v) is 4.45. The fourth-order valence-electron chi connectivity index (χ4n) is 3.13. The Morgan fingerprint density at radius 3 is 2.46 bits per heavy atom. The summed E-state index contributed by atoms with van der Waals surface area (Å²) in [5.41, 5.74) is 9.41. The van der Waals surface area contributed by atoms with Crippen molar-refractivity contribution in [2.45, 2.75) is 6.54 Å². The van der Waals surface area contributed by atoms with Crippen molar-refractivity contribution < 1.29 is 4.79 Å². The van der Waals surface area contributed by atoms with Crippen LogP contribution in [-0.2, 0) is 6.54 Å². The molecule has 0 atom stereocenters. The third kappa shape index (κ3) is 3.68. The van der Waals surface area contributed by atoms with Gasteiger partial charge in [0.2, 0.25) is 0 Å². The van der Waals surface area contributed by atoms with Crippen molar-refractivity contribution in [3.05, 3.63) is 59.7 Å². The van der Waals surface area contributed by atoms with Gasteiger partial charge in [0, 0.05) is 51.1 Å². The van der Waals surface area contributed by atoms with Gasteiger partial charge in [-0.3, -0.25) is 9.69 Å². The lowest BCUT2D eigenvalue weighted by Crippen LogP contribution is -2.46. The first kappa shape index (κ1) is 16.3. The van der Waals surface area contributed by atoms with Crippen molar-refractivity contribution >= 4 is 17.3 Å². The van der Waals surface area contributed by atoms with Crippen molar-refractivity contribution in [1.29, 1.82) is 0 Å². The molecule has 0 radical (unpaired) electrons. The minimum atomic E-state index is -0.0935. The molecule has 126 valence electrons. The number of nitrogens with zero attached hydrogens (tertiary/aromatic N) is 2. The lowest BCUT2D eigenvalue weighted by atomic mass is 10.1. The van der Waals surface area contributed by atoms with Crippen molar-refractivity contribution in [2.75, 3.05) is 43.9 Å². The van der Waals surface area contributed by atoms with E-state index in [1.165, 1.54) is 5.56 Å². The SMILES string of the molecule is CNC(=O)c1cc(N)ccc1N1CCN(Cc2ccccc2)CC1. The van der Waals surface area contributed by atoms with E-state index in [2.05, 4.69) is 39.4 Å². The topological polar surface area (TPSA) is 61.6 Å². The summed E-state index contributed by atoms with van der Waals surface area (Å²) in [6.07, 6.45) is 0. The van der Waals surface area contributed by atoms with Crippen molar-refractivity contribution in [3.63, 3.8) is 0 Å². The van der Waals surface area contributed by atoms with Crippen LogP contribution in [0.3, 0.4) is 0 Å². The monoisotopic (exact) mass is 324 g/mol. The quantitative estimate of drug-likeness (QED) is 0.844. The van der Waals surface area contributed by atoms with Gasteiger partial charge in [-0.15, -0.1) is 0 Å². The molecular weight excluding hydrogens is 300 g/mol. The molecule has 1 aliphatic heterocycles. The number of carbonyl (C=O) groups excluding carboxylic acids is 1. The summed E-state index contributed by atoms with van der Waals surface area (Å²) in [7, 11) is 1.65. The maximum atomic E-state index is 12.1. The van der Waals surface area contributed by atoms with Gasteiger partial charge in [0.1, 0.15) is 0 Å². The average Bonchev–Trinajstić information content (AvgIpc) is 2.62. The van der Waals surface area contributed by atoms with Crippen LogP contribution in [-0.4, -0.2) is 44.0 Å². The van der Waals surface area contributed by atoms with Gasteiger partial charge in [-0.25, -0.2) is 0 Å². The van der Waals surface area contributed by atoms with Gasteiger partial charge in [0.15, 0.2) is 0 Å². The number of hydrogen-bond acceptors (Lipinski definition) is 4. The van der Waals surface area contributed by atoms with Crippen molar-refractivity contribution in [1.82, 2.24) is 10.2 Å². The number of nitrogens with two attached hydrogens (primary N) is 1. The number of benzene rings is 2. The Morgan fingerprint density at radius 2 is 1.79 bits per heavy atom. The lowest BCUT2D eigenvalue weighted by molar-refractivity contribution is 0.0963. The molecule has 1 fully saturated rings. The van der Waals surface area contributed by atoms with Gasteiger partial charge in [-0.1, -0.05) is 30.3 Å². The number of piperazine rings is 1. The Hall–Kier alpha value is -2.53. The van der Waals surface area contributed by atoms with Crippen LogP contribution in [0, 0.1) is 0 Å². The maximum absolute atomic E-state index is 12.1. The van der Waals surface area contributed by atoms with Crippen molar-refractivity contribution in [2.24, 2.45) is 0 Å². The van der Waals surface area contributed by atoms with E-state index in [-0.39, 0.29) is 5.91 Å². The second-order valence-electron chi connectivity index (χ2n) is 6.10. The minimum Gasteiger partial charge on any atom is -0.399 e. The minimum absolute atomic E-state index is 0.0935. The van der Waals surface area contributed by atoms with E-state index < -0.39 is 0 Å². The molecule has 0 aromatic heterocycles. The highest BCUT2D eigenvalue weighted by atomic mass is 16.1. The molecule has 1 saturated heterocycles. The van der Waals surface area contributed by atoms with E-state index >= 15 is 0 Å². The highest BCUT2D eigenvalue weighted by molar-refractivity contribution is 6.00. The summed E-state index contributed by atoms with van der Waals surface area (Å²) in [6, 6.07) is 16.1. The first-order valence-electron chi connectivity index (χ1n) is 8.30. The maximum Gasteiger partial charge on any atom is 0.253 e. The molecule has 24 heavy (non-hydrogen) atoms. The molecule has 3 rings (SSSR count). The Kier molecular flexibility index (Phi) is 5.01. The Bertz CT molecular complexity index is 694. The largest absolute Gasteiger partial charge is 0.399 e. The van der Waals surface area contributed by atoms with Gasteiger partial charge in [-0.05, 0) is 23.8 Å². The third-order valence-electron chi connectivity index (χ3n) is 4.45. The Morgan fingerprint density at radius 1 is 1.08 bits per heavy atom. The summed E-state index contributed by atoms with van der Waals surface area (Å²) in [5, 5.41) is 2.70. The summed E-state index contributed by atoms with van der Waals surface area (Å²) < 4.78 is 0. The summed E-state index contributed by atoms with van der Waals surface area (Å²) >= 11 is 0. The average molecular weight is 324 g/mol. The van der Waals surface area contributed by atoms with Crippen LogP contribution in [0.2, 0.25) is 0 Å². The molecule has 3 N–H and O–H groups in total. The van der Waals surface area contributed by atoms with Crippen molar-refractivity contribution in [3.8, 4) is 0 Å². The second-order valence-corrected chi connectivity index (χ2v) is 6.10. The van der Waals surface area contributed by atoms with Gasteiger partial charge in [0.25, 0.3) is 5.91 Å². The molecular formula is C19H24N4O. The smallest absolute Gasteiger partial charge is 0.253 e. The molecule has 0 spiro atoms. The number of anilines is 2. The van der Waals surface area contributed by atoms with E-state index in [1.54, 1.807) is 13.1 Å². The molecule has 5 heteroatoms. The van der Waals surface area contributed by atoms with Crippen LogP contribution < -0.4 is 16.0 Å². The zero-order valence-electron chi connectivity index (χ0n) is 14.0. The molecule has 0 aliphatic carbocycles. The van der Waals surface area contributed by atoms with E-state index in [0.29, 0.717) is 11.3 Å². The van der Waals surface area contributed by atoms with Crippen LogP contribution in [0.15, 0.2) is 48.5 Å². The number of hydrogen-bond donors (Lipinski definition) is 2. The van der Waals surface area contributed by atoms with E-state index in [1.807, 2.05) is 18.2 Å². The van der Waals surface area contributed by atoms with Gasteiger partial charge >= 0.3 is 0 Å². The molecule has 1 heterocycles. The second kappa shape index (κ2) is 7.36. The van der Waals surface area contributed by atoms with Crippen LogP contribution in [0.5, 0.6) is 0 Å². The number of carbonyl (C=O) groups is 1. The van der Waals surface area contributed by atoms with Crippen LogP contribution in [0.1, 0.15) is 15.9 Å². The van der Waals surface area contributed by atoms with Crippen LogP contribution >= 0.6 is 0 Å². The van der Waals surface area contributed by atoms with Crippen LogP contribution in [0.25, 0.3) is 0 Å². The van der Waals surface area contributed by atoms with E-state index in [9.17, 15) is 4.79 Å².